The van der Waals surface area contributed by atoms with Crippen LogP contribution in [0.15, 0.2) is 24.3 Å². The summed E-state index contributed by atoms with van der Waals surface area (Å²) in [5.74, 6) is 5.39. The summed E-state index contributed by atoms with van der Waals surface area (Å²) in [7, 11) is 0. The predicted molar refractivity (Wildman–Crippen MR) is 77.1 cm³/mol. The van der Waals surface area contributed by atoms with Gasteiger partial charge in [-0.1, -0.05) is 6.07 Å². The lowest BCUT2D eigenvalue weighted by atomic mass is 10.1. The van der Waals surface area contributed by atoms with Gasteiger partial charge in [0.25, 0.3) is 0 Å². The number of alkyl halides is 3. The van der Waals surface area contributed by atoms with Gasteiger partial charge in [-0.3, -0.25) is 14.7 Å². The molecule has 1 amide bonds. The minimum absolute atomic E-state index is 0.438. The van der Waals surface area contributed by atoms with E-state index in [4.69, 9.17) is 5.84 Å². The molecule has 1 aromatic carbocycles. The Morgan fingerprint density at radius 2 is 1.91 bits per heavy atom. The molecule has 8 heteroatoms. The van der Waals surface area contributed by atoms with Crippen molar-refractivity contribution in [1.82, 2.24) is 9.91 Å². The molecule has 5 nitrogen and oxygen atoms in total. The third kappa shape index (κ3) is 4.35. The Morgan fingerprint density at radius 3 is 2.50 bits per heavy atom. The van der Waals surface area contributed by atoms with Gasteiger partial charge in [0.05, 0.1) is 5.56 Å². The highest BCUT2D eigenvalue weighted by molar-refractivity contribution is 5.49. The zero-order chi connectivity index (χ0) is 16.2. The fraction of sp³-hybridized carbons (Fsp3) is 0.500. The standard InChI is InChI=1S/C14H19F3N4O/c15-14(16,17)12-2-1-3-13(10-12)20-7-4-19(5-8-20)6-9-21(18)11-22/h1-3,10-11H,4-9,18H2. The summed E-state index contributed by atoms with van der Waals surface area (Å²) >= 11 is 0. The average molecular weight is 316 g/mol. The molecule has 0 atom stereocenters. The van der Waals surface area contributed by atoms with Gasteiger partial charge >= 0.3 is 6.18 Å². The van der Waals surface area contributed by atoms with Gasteiger partial charge in [0.1, 0.15) is 0 Å². The summed E-state index contributed by atoms with van der Waals surface area (Å²) in [5.41, 5.74) is -0.0417. The summed E-state index contributed by atoms with van der Waals surface area (Å²) in [6.07, 6.45) is -3.75. The number of nitrogens with zero attached hydrogens (tertiary/aromatic N) is 3. The molecule has 1 heterocycles. The molecular formula is C14H19F3N4O. The lowest BCUT2D eigenvalue weighted by Crippen LogP contribution is -2.49. The number of nitrogens with two attached hydrogens (primary N) is 1. The molecule has 2 N–H and O–H groups in total. The van der Waals surface area contributed by atoms with Crippen LogP contribution < -0.4 is 10.7 Å². The Hall–Kier alpha value is -1.80. The minimum Gasteiger partial charge on any atom is -0.369 e. The van der Waals surface area contributed by atoms with Gasteiger partial charge < -0.3 is 4.90 Å². The van der Waals surface area contributed by atoms with Crippen molar-refractivity contribution in [2.45, 2.75) is 6.18 Å². The molecule has 0 spiro atoms. The van der Waals surface area contributed by atoms with Gasteiger partial charge in [0, 0.05) is 45.0 Å². The molecule has 0 bridgehead atoms. The summed E-state index contributed by atoms with van der Waals surface area (Å²) in [6, 6.07) is 5.39. The molecule has 22 heavy (non-hydrogen) atoms. The van der Waals surface area contributed by atoms with Crippen molar-refractivity contribution in [3.05, 3.63) is 29.8 Å². The number of benzene rings is 1. The van der Waals surface area contributed by atoms with E-state index in [0.717, 1.165) is 24.2 Å². The van der Waals surface area contributed by atoms with Crippen LogP contribution in [0.5, 0.6) is 0 Å². The minimum atomic E-state index is -4.32. The number of halogens is 3. The van der Waals surface area contributed by atoms with Gasteiger partial charge in [-0.05, 0) is 18.2 Å². The van der Waals surface area contributed by atoms with E-state index in [2.05, 4.69) is 4.90 Å². The van der Waals surface area contributed by atoms with Crippen LogP contribution in [0.3, 0.4) is 0 Å². The van der Waals surface area contributed by atoms with Crippen LogP contribution in [0.25, 0.3) is 0 Å². The quantitative estimate of drug-likeness (QED) is 0.383. The highest BCUT2D eigenvalue weighted by atomic mass is 19.4. The van der Waals surface area contributed by atoms with Crippen LogP contribution in [0.1, 0.15) is 5.56 Å². The van der Waals surface area contributed by atoms with E-state index >= 15 is 0 Å². The summed E-state index contributed by atoms with van der Waals surface area (Å²) in [5, 5.41) is 1.08. The molecule has 1 aromatic rings. The fourth-order valence-electron chi connectivity index (χ4n) is 2.42. The second-order valence-corrected chi connectivity index (χ2v) is 5.22. The van der Waals surface area contributed by atoms with E-state index in [1.165, 1.54) is 12.1 Å². The van der Waals surface area contributed by atoms with Crippen LogP contribution in [-0.4, -0.2) is 55.6 Å². The van der Waals surface area contributed by atoms with Crippen molar-refractivity contribution >= 4 is 12.1 Å². The zero-order valence-electron chi connectivity index (χ0n) is 12.1. The number of carbonyl (C=O) groups is 1. The fourth-order valence-corrected chi connectivity index (χ4v) is 2.42. The van der Waals surface area contributed by atoms with Crippen molar-refractivity contribution in [2.75, 3.05) is 44.2 Å². The average Bonchev–Trinajstić information content (AvgIpc) is 2.52. The second-order valence-electron chi connectivity index (χ2n) is 5.22. The largest absolute Gasteiger partial charge is 0.416 e. The molecular weight excluding hydrogens is 297 g/mol. The molecule has 1 aliphatic rings. The SMILES string of the molecule is NN(C=O)CCN1CCN(c2cccc(C(F)(F)F)c2)CC1. The molecule has 0 radical (unpaired) electrons. The first-order valence-electron chi connectivity index (χ1n) is 7.01. The molecule has 122 valence electrons. The third-order valence-corrected chi connectivity index (χ3v) is 3.72. The maximum atomic E-state index is 12.7. The first-order chi connectivity index (χ1) is 10.4. The topological polar surface area (TPSA) is 52.8 Å². The molecule has 2 rings (SSSR count). The maximum Gasteiger partial charge on any atom is 0.416 e. The van der Waals surface area contributed by atoms with Gasteiger partial charge in [-0.25, -0.2) is 5.84 Å². The lowest BCUT2D eigenvalue weighted by Gasteiger charge is -2.36. The first kappa shape index (κ1) is 16.6. The highest BCUT2D eigenvalue weighted by Crippen LogP contribution is 2.31. The van der Waals surface area contributed by atoms with E-state index in [1.54, 1.807) is 6.07 Å². The second kappa shape index (κ2) is 6.97. The molecule has 0 unspecified atom stereocenters. The number of amides is 1. The molecule has 0 aromatic heterocycles. The summed E-state index contributed by atoms with van der Waals surface area (Å²) in [4.78, 5) is 14.5. The van der Waals surface area contributed by atoms with E-state index < -0.39 is 11.7 Å². The van der Waals surface area contributed by atoms with Crippen LogP contribution in [0, 0.1) is 0 Å². The molecule has 1 fully saturated rings. The number of carbonyl (C=O) groups excluding carboxylic acids is 1. The van der Waals surface area contributed by atoms with Crippen molar-refractivity contribution in [2.24, 2.45) is 5.84 Å². The van der Waals surface area contributed by atoms with Gasteiger partial charge in [0.15, 0.2) is 0 Å². The number of hydrazine groups is 1. The Balaban J connectivity index is 1.90. The Kier molecular flexibility index (Phi) is 5.25. The Morgan fingerprint density at radius 1 is 1.23 bits per heavy atom. The zero-order valence-corrected chi connectivity index (χ0v) is 12.1. The molecule has 1 saturated heterocycles. The lowest BCUT2D eigenvalue weighted by molar-refractivity contribution is -0.137. The number of hydrogen-bond donors (Lipinski definition) is 1. The predicted octanol–water partition coefficient (Wildman–Crippen LogP) is 1.16. The number of anilines is 1. The Bertz CT molecular complexity index is 501. The molecule has 1 aliphatic heterocycles. The summed E-state index contributed by atoms with van der Waals surface area (Å²) in [6.45, 7) is 3.84. The maximum absolute atomic E-state index is 12.7. The van der Waals surface area contributed by atoms with Crippen LogP contribution in [0.4, 0.5) is 18.9 Å². The van der Waals surface area contributed by atoms with Crippen molar-refractivity contribution in [1.29, 1.82) is 0 Å². The van der Waals surface area contributed by atoms with Crippen LogP contribution in [-0.2, 0) is 11.0 Å². The normalized spacial score (nSPS) is 16.6. The van der Waals surface area contributed by atoms with Crippen molar-refractivity contribution < 1.29 is 18.0 Å². The van der Waals surface area contributed by atoms with Gasteiger partial charge in [-0.2, -0.15) is 13.2 Å². The molecule has 0 saturated carbocycles. The van der Waals surface area contributed by atoms with Crippen molar-refractivity contribution in [3.63, 3.8) is 0 Å². The van der Waals surface area contributed by atoms with E-state index in [1.807, 2.05) is 4.90 Å². The van der Waals surface area contributed by atoms with Gasteiger partial charge in [0.2, 0.25) is 6.41 Å². The van der Waals surface area contributed by atoms with Crippen LogP contribution >= 0.6 is 0 Å². The van der Waals surface area contributed by atoms with E-state index in [-0.39, 0.29) is 0 Å². The molecule has 0 aliphatic carbocycles. The summed E-state index contributed by atoms with van der Waals surface area (Å²) < 4.78 is 38.2. The Labute approximate surface area is 127 Å². The van der Waals surface area contributed by atoms with Crippen molar-refractivity contribution in [3.8, 4) is 0 Å². The number of piperazine rings is 1. The van der Waals surface area contributed by atoms with Crippen LogP contribution in [0.2, 0.25) is 0 Å². The smallest absolute Gasteiger partial charge is 0.369 e. The van der Waals surface area contributed by atoms with E-state index in [0.29, 0.717) is 38.3 Å². The monoisotopic (exact) mass is 316 g/mol. The first-order valence-corrected chi connectivity index (χ1v) is 7.01. The van der Waals surface area contributed by atoms with E-state index in [9.17, 15) is 18.0 Å². The highest BCUT2D eigenvalue weighted by Gasteiger charge is 2.31. The van der Waals surface area contributed by atoms with Gasteiger partial charge in [-0.15, -0.1) is 0 Å². The number of rotatable bonds is 5. The number of hydrogen-bond acceptors (Lipinski definition) is 4. The third-order valence-electron chi connectivity index (χ3n) is 3.72.